The van der Waals surface area contributed by atoms with E-state index in [0.717, 1.165) is 32.1 Å². The highest BCUT2D eigenvalue weighted by atomic mass is 32.2. The number of fused-ring (bicyclic) bond motifs is 2. The molecular formula is C23H25N3O3S. The van der Waals surface area contributed by atoms with Crippen LogP contribution in [0.5, 0.6) is 0 Å². The van der Waals surface area contributed by atoms with Crippen molar-refractivity contribution in [2.45, 2.75) is 55.5 Å². The molecule has 1 amide bonds. The van der Waals surface area contributed by atoms with Gasteiger partial charge in [0.15, 0.2) is 5.84 Å². The van der Waals surface area contributed by atoms with E-state index in [9.17, 15) is 13.2 Å². The van der Waals surface area contributed by atoms with Crippen molar-refractivity contribution in [1.82, 2.24) is 10.2 Å². The Kier molecular flexibility index (Phi) is 4.85. The fraction of sp³-hybridized carbons (Fsp3) is 0.391. The number of sulfonamides is 1. The Hall–Kier alpha value is -2.67. The summed E-state index contributed by atoms with van der Waals surface area (Å²) in [5.41, 5.74) is 3.10. The van der Waals surface area contributed by atoms with E-state index in [0.29, 0.717) is 24.4 Å². The van der Waals surface area contributed by atoms with Gasteiger partial charge in [-0.2, -0.15) is 8.42 Å². The predicted octanol–water partition coefficient (Wildman–Crippen LogP) is 3.18. The molecule has 1 saturated heterocycles. The number of amides is 1. The number of amidine groups is 1. The molecule has 2 aromatic rings. The zero-order valence-corrected chi connectivity index (χ0v) is 17.6. The Bertz CT molecular complexity index is 1130. The SMILES string of the molecule is O=C(N[C@H]1CCCc2ccccc21)[C@H]1CCCCN1C1=NS(=O)(=O)c2ccccc21. The summed E-state index contributed by atoms with van der Waals surface area (Å²) in [4.78, 5) is 15.5. The number of nitrogens with zero attached hydrogens (tertiary/aromatic N) is 2. The first-order valence-electron chi connectivity index (χ1n) is 10.6. The van der Waals surface area contributed by atoms with E-state index < -0.39 is 16.1 Å². The van der Waals surface area contributed by atoms with Crippen molar-refractivity contribution in [2.75, 3.05) is 6.54 Å². The number of likely N-dealkylation sites (tertiary alicyclic amines) is 1. The number of rotatable bonds is 2. The lowest BCUT2D eigenvalue weighted by atomic mass is 9.87. The van der Waals surface area contributed by atoms with Crippen molar-refractivity contribution in [3.63, 3.8) is 0 Å². The summed E-state index contributed by atoms with van der Waals surface area (Å²) in [5.74, 6) is 0.371. The number of hydrogen-bond donors (Lipinski definition) is 1. The maximum absolute atomic E-state index is 13.4. The van der Waals surface area contributed by atoms with Gasteiger partial charge in [0.05, 0.1) is 6.04 Å². The predicted molar refractivity (Wildman–Crippen MR) is 115 cm³/mol. The van der Waals surface area contributed by atoms with Crippen LogP contribution in [0.3, 0.4) is 0 Å². The lowest BCUT2D eigenvalue weighted by Gasteiger charge is -2.37. The standard InChI is InChI=1S/C23H25N3O3S/c27-23(24-19-12-7-9-16-8-1-2-10-17(16)19)20-13-5-6-15-26(20)22-18-11-3-4-14-21(18)30(28,29)25-22/h1-4,8,10-11,14,19-20H,5-7,9,12-13,15H2,(H,24,27)/t19-,20+/m0/s1. The van der Waals surface area contributed by atoms with E-state index in [1.807, 2.05) is 23.1 Å². The van der Waals surface area contributed by atoms with Crippen molar-refractivity contribution < 1.29 is 13.2 Å². The summed E-state index contributed by atoms with van der Waals surface area (Å²) in [6.45, 7) is 0.627. The molecule has 0 radical (unpaired) electrons. The van der Waals surface area contributed by atoms with Gasteiger partial charge in [-0.25, -0.2) is 0 Å². The highest BCUT2D eigenvalue weighted by molar-refractivity contribution is 7.90. The molecule has 2 aromatic carbocycles. The van der Waals surface area contributed by atoms with Gasteiger partial charge in [-0.3, -0.25) is 4.79 Å². The summed E-state index contributed by atoms with van der Waals surface area (Å²) in [6.07, 6.45) is 5.57. The van der Waals surface area contributed by atoms with Crippen LogP contribution in [0, 0.1) is 0 Å². The molecule has 2 aliphatic heterocycles. The van der Waals surface area contributed by atoms with Crippen LogP contribution in [0.2, 0.25) is 0 Å². The van der Waals surface area contributed by atoms with Crippen molar-refractivity contribution in [1.29, 1.82) is 0 Å². The fourth-order valence-corrected chi connectivity index (χ4v) is 6.14. The Morgan fingerprint density at radius 1 is 1.00 bits per heavy atom. The largest absolute Gasteiger partial charge is 0.347 e. The van der Waals surface area contributed by atoms with E-state index in [-0.39, 0.29) is 16.8 Å². The molecule has 1 fully saturated rings. The average Bonchev–Trinajstić information content (AvgIpc) is 3.05. The van der Waals surface area contributed by atoms with Gasteiger partial charge in [0.25, 0.3) is 10.0 Å². The minimum atomic E-state index is -3.71. The lowest BCUT2D eigenvalue weighted by Crippen LogP contribution is -2.52. The van der Waals surface area contributed by atoms with Crippen molar-refractivity contribution in [3.8, 4) is 0 Å². The summed E-state index contributed by atoms with van der Waals surface area (Å²) in [5, 5.41) is 3.26. The lowest BCUT2D eigenvalue weighted by molar-refractivity contribution is -0.126. The molecule has 2 heterocycles. The van der Waals surface area contributed by atoms with Gasteiger partial charge in [0, 0.05) is 12.1 Å². The monoisotopic (exact) mass is 423 g/mol. The van der Waals surface area contributed by atoms with E-state index in [1.165, 1.54) is 11.1 Å². The molecule has 1 aliphatic carbocycles. The highest BCUT2D eigenvalue weighted by Gasteiger charge is 2.38. The molecule has 6 nitrogen and oxygen atoms in total. The first-order valence-corrected chi connectivity index (χ1v) is 12.1. The fourth-order valence-electron chi connectivity index (χ4n) is 4.93. The van der Waals surface area contributed by atoms with E-state index in [2.05, 4.69) is 21.8 Å². The van der Waals surface area contributed by atoms with Crippen LogP contribution in [-0.2, 0) is 21.2 Å². The molecule has 30 heavy (non-hydrogen) atoms. The topological polar surface area (TPSA) is 78.8 Å². The molecule has 156 valence electrons. The van der Waals surface area contributed by atoms with Gasteiger partial charge < -0.3 is 10.2 Å². The van der Waals surface area contributed by atoms with Gasteiger partial charge in [-0.15, -0.1) is 4.40 Å². The van der Waals surface area contributed by atoms with Crippen molar-refractivity contribution in [3.05, 3.63) is 65.2 Å². The van der Waals surface area contributed by atoms with Crippen LogP contribution in [0.1, 0.15) is 54.8 Å². The molecule has 0 bridgehead atoms. The Morgan fingerprint density at radius 2 is 1.80 bits per heavy atom. The maximum Gasteiger partial charge on any atom is 0.285 e. The Morgan fingerprint density at radius 3 is 2.70 bits per heavy atom. The molecule has 0 aromatic heterocycles. The van der Waals surface area contributed by atoms with Crippen molar-refractivity contribution >= 4 is 21.8 Å². The number of hydrogen-bond acceptors (Lipinski definition) is 4. The second-order valence-electron chi connectivity index (χ2n) is 8.24. The summed E-state index contributed by atoms with van der Waals surface area (Å²) in [7, 11) is -3.71. The molecule has 1 N–H and O–H groups in total. The third-order valence-electron chi connectivity index (χ3n) is 6.38. The molecule has 5 rings (SSSR count). The van der Waals surface area contributed by atoms with Gasteiger partial charge in [0.1, 0.15) is 10.9 Å². The van der Waals surface area contributed by atoms with Crippen LogP contribution in [-0.4, -0.2) is 37.6 Å². The van der Waals surface area contributed by atoms with Gasteiger partial charge in [0.2, 0.25) is 5.91 Å². The number of aryl methyl sites for hydroxylation is 1. The second kappa shape index (κ2) is 7.54. The van der Waals surface area contributed by atoms with E-state index in [1.54, 1.807) is 18.2 Å². The number of benzene rings is 2. The molecular weight excluding hydrogens is 398 g/mol. The molecule has 7 heteroatoms. The first-order chi connectivity index (χ1) is 14.5. The molecule has 0 saturated carbocycles. The van der Waals surface area contributed by atoms with E-state index >= 15 is 0 Å². The molecule has 0 spiro atoms. The van der Waals surface area contributed by atoms with Crippen LogP contribution < -0.4 is 5.32 Å². The van der Waals surface area contributed by atoms with Gasteiger partial charge in [-0.1, -0.05) is 36.4 Å². The quantitative estimate of drug-likeness (QED) is 0.805. The number of carbonyl (C=O) groups is 1. The van der Waals surface area contributed by atoms with Crippen LogP contribution >= 0.6 is 0 Å². The number of piperidine rings is 1. The molecule has 2 atom stereocenters. The second-order valence-corrected chi connectivity index (χ2v) is 9.82. The van der Waals surface area contributed by atoms with Crippen LogP contribution in [0.15, 0.2) is 57.8 Å². The minimum Gasteiger partial charge on any atom is -0.347 e. The third-order valence-corrected chi connectivity index (χ3v) is 7.70. The maximum atomic E-state index is 13.4. The normalized spacial score (nSPS) is 24.5. The number of carbonyl (C=O) groups excluding carboxylic acids is 1. The van der Waals surface area contributed by atoms with Crippen LogP contribution in [0.4, 0.5) is 0 Å². The van der Waals surface area contributed by atoms with Gasteiger partial charge in [-0.05, 0) is 61.8 Å². The van der Waals surface area contributed by atoms with Crippen molar-refractivity contribution in [2.24, 2.45) is 4.40 Å². The zero-order valence-electron chi connectivity index (χ0n) is 16.8. The molecule has 0 unspecified atom stereocenters. The van der Waals surface area contributed by atoms with Crippen LogP contribution in [0.25, 0.3) is 0 Å². The molecule has 3 aliphatic rings. The average molecular weight is 424 g/mol. The number of nitrogens with one attached hydrogen (secondary N) is 1. The first kappa shape index (κ1) is 19.3. The van der Waals surface area contributed by atoms with E-state index in [4.69, 9.17) is 0 Å². The smallest absolute Gasteiger partial charge is 0.285 e. The van der Waals surface area contributed by atoms with Gasteiger partial charge >= 0.3 is 0 Å². The Labute approximate surface area is 177 Å². The Balaban J connectivity index is 1.43. The minimum absolute atomic E-state index is 0.00719. The highest BCUT2D eigenvalue weighted by Crippen LogP contribution is 2.32. The summed E-state index contributed by atoms with van der Waals surface area (Å²) in [6, 6.07) is 14.8. The summed E-state index contributed by atoms with van der Waals surface area (Å²) >= 11 is 0. The summed E-state index contributed by atoms with van der Waals surface area (Å²) < 4.78 is 29.1. The third kappa shape index (κ3) is 3.31. The zero-order chi connectivity index (χ0) is 20.7.